The van der Waals surface area contributed by atoms with Gasteiger partial charge in [-0.25, -0.2) is 0 Å². The molecule has 5 saturated heterocycles. The van der Waals surface area contributed by atoms with E-state index >= 15 is 0 Å². The molecule has 0 aromatic rings. The van der Waals surface area contributed by atoms with Crippen molar-refractivity contribution in [3.63, 3.8) is 0 Å². The van der Waals surface area contributed by atoms with Gasteiger partial charge in [0, 0.05) is 43.3 Å². The molecule has 0 radical (unpaired) electrons. The lowest BCUT2D eigenvalue weighted by Crippen LogP contribution is -2.73. The molecule has 0 aromatic carbocycles. The molecule has 40 heavy (non-hydrogen) atoms. The van der Waals surface area contributed by atoms with Gasteiger partial charge in [0.05, 0.1) is 55.5 Å². The van der Waals surface area contributed by atoms with Crippen LogP contribution in [0.15, 0.2) is 12.0 Å². The third kappa shape index (κ3) is 5.41. The van der Waals surface area contributed by atoms with Gasteiger partial charge in [0.15, 0.2) is 17.8 Å². The van der Waals surface area contributed by atoms with Crippen molar-refractivity contribution in [3.05, 3.63) is 12.0 Å². The van der Waals surface area contributed by atoms with E-state index in [2.05, 4.69) is 31.9 Å². The minimum atomic E-state index is -0.506. The fourth-order valence-electron chi connectivity index (χ4n) is 7.96. The Kier molecular flexibility index (Phi) is 8.02. The lowest BCUT2D eigenvalue weighted by Gasteiger charge is -2.42. The van der Waals surface area contributed by atoms with Crippen LogP contribution in [0.4, 0.5) is 0 Å². The van der Waals surface area contributed by atoms with E-state index in [4.69, 9.17) is 14.2 Å². The van der Waals surface area contributed by atoms with Crippen LogP contribution >= 0.6 is 11.8 Å². The van der Waals surface area contributed by atoms with E-state index in [0.29, 0.717) is 49.0 Å². The van der Waals surface area contributed by atoms with Gasteiger partial charge in [0.2, 0.25) is 5.91 Å². The molecule has 1 aliphatic carbocycles. The maximum Gasteiger partial charge on any atom is 0.226 e. The van der Waals surface area contributed by atoms with Crippen molar-refractivity contribution in [1.82, 2.24) is 26.2 Å². The number of nitrogens with zero attached hydrogens (tertiary/aromatic N) is 1. The molecule has 11 nitrogen and oxygen atoms in total. The summed E-state index contributed by atoms with van der Waals surface area (Å²) < 4.78 is 18.0. The highest BCUT2D eigenvalue weighted by Gasteiger charge is 2.52. The monoisotopic (exact) mass is 577 g/mol. The number of ketones is 1. The second kappa shape index (κ2) is 11.7. The number of nitrogens with one attached hydrogen (secondary N) is 4. The van der Waals surface area contributed by atoms with E-state index in [1.54, 1.807) is 6.08 Å². The molecule has 0 aromatic heterocycles. The molecule has 222 valence electrons. The van der Waals surface area contributed by atoms with E-state index < -0.39 is 6.10 Å². The number of thioether (sulfide) groups is 1. The first kappa shape index (κ1) is 27.4. The number of quaternary nitrogens is 1. The summed E-state index contributed by atoms with van der Waals surface area (Å²) in [7, 11) is 0. The zero-order valence-corrected chi connectivity index (χ0v) is 24.0. The van der Waals surface area contributed by atoms with Crippen molar-refractivity contribution in [2.75, 3.05) is 39.5 Å². The molecule has 0 spiro atoms. The summed E-state index contributed by atoms with van der Waals surface area (Å²) >= 11 is 1.93. The standard InChI is InChI=1S/C28H44N6O5S/c29-17-3-1-2-4-18(17)31-21-11-15-13-30-28(36)24(15)27(32-21)33-22-6-5-20(40-22)16-14-38-26-19(35)12-23(39-25(16)26)34-7-9-37-10-8-34/h12,15-18,20-22,24-27,31-33H,1-11,13-14,29H2,(H,30,36)/p+1/t15?,16?,17-,18+,20?,21?,22?,24?,25?,26?,27?/m1/s1. The zero-order valence-electron chi connectivity index (χ0n) is 23.2. The number of hydrogen-bond donors (Lipinski definition) is 5. The Morgan fingerprint density at radius 3 is 2.77 bits per heavy atom. The Labute approximate surface area is 240 Å². The molecule has 6 aliphatic heterocycles. The second-order valence-electron chi connectivity index (χ2n) is 12.7. The van der Waals surface area contributed by atoms with Crippen LogP contribution in [0, 0.1) is 17.8 Å². The van der Waals surface area contributed by atoms with Gasteiger partial charge in [-0.05, 0) is 38.0 Å². The van der Waals surface area contributed by atoms with Crippen LogP contribution in [0.2, 0.25) is 0 Å². The quantitative estimate of drug-likeness (QED) is 0.270. The molecule has 7 rings (SSSR count). The number of morpholine rings is 1. The summed E-state index contributed by atoms with van der Waals surface area (Å²) in [6, 6.07) is 0.878. The Morgan fingerprint density at radius 1 is 1.07 bits per heavy atom. The van der Waals surface area contributed by atoms with Crippen molar-refractivity contribution in [2.45, 2.75) is 92.2 Å². The number of hydrogen-bond acceptors (Lipinski definition) is 10. The molecule has 7 aliphatic rings. The molecule has 0 bridgehead atoms. The third-order valence-corrected chi connectivity index (χ3v) is 11.8. The molecule has 9 unspecified atom stereocenters. The number of carbonyl (C=O) groups excluding carboxylic acids is 2. The number of rotatable bonds is 6. The summed E-state index contributed by atoms with van der Waals surface area (Å²) in [6.45, 7) is 4.08. The first-order valence-corrected chi connectivity index (χ1v) is 16.4. The molecule has 1 saturated carbocycles. The fraction of sp³-hybridized carbons (Fsp3) is 0.857. The Balaban J connectivity index is 0.985. The number of fused-ring (bicyclic) bond motifs is 2. The Morgan fingerprint density at radius 2 is 1.93 bits per heavy atom. The van der Waals surface area contributed by atoms with Gasteiger partial charge in [0.1, 0.15) is 6.10 Å². The van der Waals surface area contributed by atoms with E-state index in [1.807, 2.05) is 11.8 Å². The van der Waals surface area contributed by atoms with Crippen molar-refractivity contribution in [3.8, 4) is 0 Å². The van der Waals surface area contributed by atoms with Gasteiger partial charge in [-0.1, -0.05) is 6.42 Å². The second-order valence-corrected chi connectivity index (χ2v) is 14.1. The number of ether oxygens (including phenoxy) is 3. The topological polar surface area (TPSA) is 141 Å². The number of amides is 1. The smallest absolute Gasteiger partial charge is 0.226 e. The van der Waals surface area contributed by atoms with Gasteiger partial charge in [0.25, 0.3) is 0 Å². The maximum atomic E-state index is 12.9. The zero-order chi connectivity index (χ0) is 27.2. The molecule has 11 atom stereocenters. The van der Waals surface area contributed by atoms with Gasteiger partial charge in [-0.3, -0.25) is 25.5 Å². The molecule has 1 amide bonds. The van der Waals surface area contributed by atoms with Gasteiger partial charge < -0.3 is 30.2 Å². The van der Waals surface area contributed by atoms with Crippen LogP contribution in [0.25, 0.3) is 0 Å². The molecule has 6 heterocycles. The van der Waals surface area contributed by atoms with Crippen molar-refractivity contribution in [1.29, 1.82) is 0 Å². The molecule has 6 fully saturated rings. The average Bonchev–Trinajstić information content (AvgIpc) is 3.69. The average molecular weight is 578 g/mol. The highest BCUT2D eigenvalue weighted by Crippen LogP contribution is 2.44. The highest BCUT2D eigenvalue weighted by molar-refractivity contribution is 8.00. The molecular weight excluding hydrogens is 532 g/mol. The predicted octanol–water partition coefficient (Wildman–Crippen LogP) is -0.895. The lowest BCUT2D eigenvalue weighted by atomic mass is 9.84. The summed E-state index contributed by atoms with van der Waals surface area (Å²) in [5.74, 6) is 1.28. The normalized spacial score (nSPS) is 45.5. The van der Waals surface area contributed by atoms with Crippen LogP contribution in [-0.2, 0) is 23.8 Å². The first-order chi connectivity index (χ1) is 19.5. The number of piperidine rings is 1. The van der Waals surface area contributed by atoms with Gasteiger partial charge >= 0.3 is 0 Å². The Hall–Kier alpha value is -1.41. The van der Waals surface area contributed by atoms with Crippen molar-refractivity contribution >= 4 is 23.5 Å². The molecular formula is C28H45N6O5S+. The summed E-state index contributed by atoms with van der Waals surface area (Å²) in [5, 5.41) is 15.2. The SMILES string of the molecule is [NH3+][C@@H]1CCCC[C@@H]1NC1CC2CNC(=O)C2C(NC2CCC(C3COC4C(=O)C=C(N5CCOCC5)OC43)S2)N1. The van der Waals surface area contributed by atoms with E-state index in [9.17, 15) is 9.59 Å². The highest BCUT2D eigenvalue weighted by atomic mass is 32.2. The van der Waals surface area contributed by atoms with Gasteiger partial charge in [-0.15, -0.1) is 11.8 Å². The molecule has 7 N–H and O–H groups in total. The summed E-state index contributed by atoms with van der Waals surface area (Å²) in [4.78, 5) is 27.9. The largest absolute Gasteiger partial charge is 0.472 e. The Bertz CT molecular complexity index is 996. The summed E-state index contributed by atoms with van der Waals surface area (Å²) in [6.07, 6.45) is 8.87. The van der Waals surface area contributed by atoms with Crippen LogP contribution in [0.1, 0.15) is 44.9 Å². The van der Waals surface area contributed by atoms with Crippen molar-refractivity contribution < 1.29 is 29.5 Å². The third-order valence-electron chi connectivity index (χ3n) is 10.2. The minimum Gasteiger partial charge on any atom is -0.472 e. The predicted molar refractivity (Wildman–Crippen MR) is 149 cm³/mol. The van der Waals surface area contributed by atoms with Gasteiger partial charge in [-0.2, -0.15) is 0 Å². The van der Waals surface area contributed by atoms with Crippen LogP contribution < -0.4 is 27.0 Å². The van der Waals surface area contributed by atoms with Crippen LogP contribution in [0.5, 0.6) is 0 Å². The first-order valence-electron chi connectivity index (χ1n) is 15.4. The van der Waals surface area contributed by atoms with E-state index in [0.717, 1.165) is 38.9 Å². The van der Waals surface area contributed by atoms with Crippen molar-refractivity contribution in [2.24, 2.45) is 17.8 Å². The van der Waals surface area contributed by atoms with E-state index in [-0.39, 0.29) is 47.3 Å². The fourth-order valence-corrected chi connectivity index (χ4v) is 9.58. The number of carbonyl (C=O) groups is 2. The summed E-state index contributed by atoms with van der Waals surface area (Å²) in [5.41, 5.74) is 4.41. The van der Waals surface area contributed by atoms with Crippen LogP contribution in [-0.4, -0.2) is 103 Å². The molecule has 12 heteroatoms. The van der Waals surface area contributed by atoms with Crippen LogP contribution in [0.3, 0.4) is 0 Å². The maximum absolute atomic E-state index is 12.9. The minimum absolute atomic E-state index is 0.0173. The van der Waals surface area contributed by atoms with E-state index in [1.165, 1.54) is 25.7 Å². The lowest BCUT2D eigenvalue weighted by molar-refractivity contribution is -0.431.